The van der Waals surface area contributed by atoms with Crippen molar-refractivity contribution in [2.24, 2.45) is 10.9 Å². The molecule has 1 N–H and O–H groups in total. The van der Waals surface area contributed by atoms with Crippen molar-refractivity contribution in [2.75, 3.05) is 14.1 Å². The molecule has 2 aromatic rings. The molecule has 0 fully saturated rings. The van der Waals surface area contributed by atoms with E-state index in [9.17, 15) is 13.2 Å². The maximum absolute atomic E-state index is 12.7. The summed E-state index contributed by atoms with van der Waals surface area (Å²) >= 11 is 0. The van der Waals surface area contributed by atoms with Gasteiger partial charge in [-0.25, -0.2) is 4.98 Å². The van der Waals surface area contributed by atoms with Crippen LogP contribution < -0.4 is 5.32 Å². The lowest BCUT2D eigenvalue weighted by atomic mass is 10.1. The van der Waals surface area contributed by atoms with E-state index in [0.717, 1.165) is 30.1 Å². The zero-order valence-electron chi connectivity index (χ0n) is 16.5. The normalized spacial score (nSPS) is 12.1. The van der Waals surface area contributed by atoms with E-state index in [2.05, 4.69) is 33.7 Å². The van der Waals surface area contributed by atoms with Gasteiger partial charge >= 0.3 is 6.18 Å². The highest BCUT2D eigenvalue weighted by atomic mass is 127. The van der Waals surface area contributed by atoms with Crippen LogP contribution in [0, 0.1) is 5.92 Å². The molecule has 0 saturated heterocycles. The molecule has 9 heteroatoms. The lowest BCUT2D eigenvalue weighted by molar-refractivity contribution is -0.137. The van der Waals surface area contributed by atoms with Crippen LogP contribution in [0.3, 0.4) is 0 Å². The van der Waals surface area contributed by atoms with E-state index in [0.29, 0.717) is 25.0 Å². The van der Waals surface area contributed by atoms with Gasteiger partial charge in [-0.1, -0.05) is 26.0 Å². The summed E-state index contributed by atoms with van der Waals surface area (Å²) in [6.45, 7) is 6.14. The number of alkyl halides is 3. The van der Waals surface area contributed by atoms with Gasteiger partial charge in [-0.2, -0.15) is 13.2 Å². The van der Waals surface area contributed by atoms with E-state index in [-0.39, 0.29) is 24.0 Å². The van der Waals surface area contributed by atoms with Gasteiger partial charge in [-0.05, 0) is 23.6 Å². The molecule has 156 valence electrons. The molecule has 0 amide bonds. The fraction of sp³-hybridized carbons (Fsp3) is 0.474. The molecule has 0 aliphatic carbocycles. The monoisotopic (exact) mass is 509 g/mol. The summed E-state index contributed by atoms with van der Waals surface area (Å²) in [5.74, 6) is 2.07. The molecule has 0 spiro atoms. The van der Waals surface area contributed by atoms with E-state index in [1.165, 1.54) is 12.1 Å². The van der Waals surface area contributed by atoms with E-state index >= 15 is 0 Å². The van der Waals surface area contributed by atoms with Crippen molar-refractivity contribution in [1.82, 2.24) is 19.8 Å². The third kappa shape index (κ3) is 6.99. The first-order valence-electron chi connectivity index (χ1n) is 8.78. The van der Waals surface area contributed by atoms with Crippen LogP contribution in [-0.2, 0) is 25.8 Å². The van der Waals surface area contributed by atoms with Crippen molar-refractivity contribution in [1.29, 1.82) is 0 Å². The number of nitrogens with zero attached hydrogens (tertiary/aromatic N) is 4. The molecule has 2 rings (SSSR count). The number of halogens is 4. The Morgan fingerprint density at radius 3 is 2.43 bits per heavy atom. The third-order valence-corrected chi connectivity index (χ3v) is 4.04. The number of aliphatic imine (C=N–C) groups is 1. The summed E-state index contributed by atoms with van der Waals surface area (Å²) in [7, 11) is 3.51. The van der Waals surface area contributed by atoms with Gasteiger partial charge in [0.05, 0.1) is 12.1 Å². The fourth-order valence-corrected chi connectivity index (χ4v) is 2.76. The Bertz CT molecular complexity index is 754. The van der Waals surface area contributed by atoms with Crippen LogP contribution in [0.5, 0.6) is 0 Å². The van der Waals surface area contributed by atoms with Gasteiger partial charge in [0.1, 0.15) is 5.82 Å². The molecule has 0 bridgehead atoms. The quantitative estimate of drug-likeness (QED) is 0.357. The van der Waals surface area contributed by atoms with Crippen LogP contribution in [0.4, 0.5) is 13.2 Å². The van der Waals surface area contributed by atoms with Gasteiger partial charge in [0, 0.05) is 39.6 Å². The standard InChI is InChI=1S/C19H26F3N5.HI/c1-14(2)12-27-10-9-24-17(27)11-25-18(23-3)26(4)13-15-5-7-16(8-6-15)19(20,21)22;/h5-10,14H,11-13H2,1-4H3,(H,23,25);1H. The summed E-state index contributed by atoms with van der Waals surface area (Å²) in [5, 5.41) is 3.25. The van der Waals surface area contributed by atoms with Crippen molar-refractivity contribution in [3.05, 3.63) is 53.6 Å². The van der Waals surface area contributed by atoms with Crippen LogP contribution in [0.2, 0.25) is 0 Å². The first-order valence-corrected chi connectivity index (χ1v) is 8.78. The largest absolute Gasteiger partial charge is 0.416 e. The summed E-state index contributed by atoms with van der Waals surface area (Å²) in [5.41, 5.74) is 0.128. The number of hydrogen-bond donors (Lipinski definition) is 1. The van der Waals surface area contributed by atoms with E-state index in [1.54, 1.807) is 13.2 Å². The number of benzene rings is 1. The van der Waals surface area contributed by atoms with E-state index < -0.39 is 11.7 Å². The fourth-order valence-electron chi connectivity index (χ4n) is 2.76. The predicted molar refractivity (Wildman–Crippen MR) is 116 cm³/mol. The second-order valence-electron chi connectivity index (χ2n) is 6.84. The average molecular weight is 509 g/mol. The maximum atomic E-state index is 12.7. The maximum Gasteiger partial charge on any atom is 0.416 e. The number of guanidine groups is 1. The Morgan fingerprint density at radius 2 is 1.89 bits per heavy atom. The highest BCUT2D eigenvalue weighted by molar-refractivity contribution is 14.0. The molecule has 1 heterocycles. The molecule has 0 aliphatic rings. The third-order valence-electron chi connectivity index (χ3n) is 4.04. The Hall–Kier alpha value is -1.78. The van der Waals surface area contributed by atoms with Crippen molar-refractivity contribution >= 4 is 29.9 Å². The zero-order chi connectivity index (χ0) is 20.0. The minimum atomic E-state index is -4.32. The SMILES string of the molecule is CN=C(NCc1nccn1CC(C)C)N(C)Cc1ccc(C(F)(F)F)cc1.I. The summed E-state index contributed by atoms with van der Waals surface area (Å²) < 4.78 is 40.1. The number of aromatic nitrogens is 2. The lowest BCUT2D eigenvalue weighted by Crippen LogP contribution is -2.38. The van der Waals surface area contributed by atoms with Crippen LogP contribution in [-0.4, -0.2) is 34.5 Å². The topological polar surface area (TPSA) is 45.5 Å². The zero-order valence-corrected chi connectivity index (χ0v) is 18.8. The molecular formula is C19H27F3IN5. The van der Waals surface area contributed by atoms with E-state index in [1.807, 2.05) is 18.1 Å². The second kappa shape index (κ2) is 10.7. The molecule has 0 saturated carbocycles. The molecule has 1 aromatic carbocycles. The summed E-state index contributed by atoms with van der Waals surface area (Å²) in [4.78, 5) is 10.5. The number of hydrogen-bond acceptors (Lipinski definition) is 2. The minimum absolute atomic E-state index is 0. The number of nitrogens with one attached hydrogen (secondary N) is 1. The highest BCUT2D eigenvalue weighted by Crippen LogP contribution is 2.29. The van der Waals surface area contributed by atoms with Crippen LogP contribution in [0.15, 0.2) is 41.7 Å². The Morgan fingerprint density at radius 1 is 1.25 bits per heavy atom. The highest BCUT2D eigenvalue weighted by Gasteiger charge is 2.29. The van der Waals surface area contributed by atoms with Crippen LogP contribution in [0.1, 0.15) is 30.8 Å². The first-order chi connectivity index (χ1) is 12.7. The van der Waals surface area contributed by atoms with Gasteiger partial charge in [-0.3, -0.25) is 4.99 Å². The Labute approximate surface area is 181 Å². The summed E-state index contributed by atoms with van der Waals surface area (Å²) in [6, 6.07) is 5.17. The Kier molecular flexibility index (Phi) is 9.25. The molecule has 1 aromatic heterocycles. The number of rotatable bonds is 6. The molecule has 0 aliphatic heterocycles. The first kappa shape index (κ1) is 24.3. The molecule has 28 heavy (non-hydrogen) atoms. The van der Waals surface area contributed by atoms with Crippen LogP contribution >= 0.6 is 24.0 Å². The average Bonchev–Trinajstić information content (AvgIpc) is 3.01. The lowest BCUT2D eigenvalue weighted by Gasteiger charge is -2.22. The molecule has 0 unspecified atom stereocenters. The van der Waals surface area contributed by atoms with Crippen molar-refractivity contribution in [2.45, 2.75) is 39.7 Å². The predicted octanol–water partition coefficient (Wildman–Crippen LogP) is 4.38. The van der Waals surface area contributed by atoms with Crippen molar-refractivity contribution in [3.8, 4) is 0 Å². The van der Waals surface area contributed by atoms with Crippen molar-refractivity contribution < 1.29 is 13.2 Å². The Balaban J connectivity index is 0.00000392. The second-order valence-corrected chi connectivity index (χ2v) is 6.84. The van der Waals surface area contributed by atoms with Gasteiger partial charge in [0.2, 0.25) is 0 Å². The van der Waals surface area contributed by atoms with E-state index in [4.69, 9.17) is 0 Å². The van der Waals surface area contributed by atoms with Gasteiger partial charge in [-0.15, -0.1) is 24.0 Å². The van der Waals surface area contributed by atoms with Crippen molar-refractivity contribution in [3.63, 3.8) is 0 Å². The minimum Gasteiger partial charge on any atom is -0.349 e. The molecule has 0 atom stereocenters. The van der Waals surface area contributed by atoms with Crippen LogP contribution in [0.25, 0.3) is 0 Å². The molecule has 0 radical (unpaired) electrons. The van der Waals surface area contributed by atoms with Gasteiger partial charge < -0.3 is 14.8 Å². The smallest absolute Gasteiger partial charge is 0.349 e. The van der Waals surface area contributed by atoms with Gasteiger partial charge in [0.25, 0.3) is 0 Å². The molecule has 5 nitrogen and oxygen atoms in total. The van der Waals surface area contributed by atoms with Gasteiger partial charge in [0.15, 0.2) is 5.96 Å². The summed E-state index contributed by atoms with van der Waals surface area (Å²) in [6.07, 6.45) is -0.598. The number of imidazole rings is 1. The molecular weight excluding hydrogens is 482 g/mol.